The Morgan fingerprint density at radius 1 is 1.38 bits per heavy atom. The van der Waals surface area contributed by atoms with Crippen LogP contribution in [0.2, 0.25) is 0 Å². The summed E-state index contributed by atoms with van der Waals surface area (Å²) in [4.78, 5) is 10.9. The van der Waals surface area contributed by atoms with Crippen molar-refractivity contribution in [3.8, 4) is 0 Å². The van der Waals surface area contributed by atoms with Gasteiger partial charge >= 0.3 is 5.97 Å². The summed E-state index contributed by atoms with van der Waals surface area (Å²) in [5.74, 6) is 0.301. The van der Waals surface area contributed by atoms with Crippen molar-refractivity contribution >= 4 is 17.6 Å². The molecular weight excluding hydrogens is 192 g/mol. The molecule has 0 saturated heterocycles. The second kappa shape index (κ2) is 3.46. The normalized spacial score (nSPS) is 42.3. The molecular formula is C9H13ClO3. The summed E-state index contributed by atoms with van der Waals surface area (Å²) in [6.07, 6.45) is 2.44. The van der Waals surface area contributed by atoms with Gasteiger partial charge in [-0.15, -0.1) is 11.6 Å². The average molecular weight is 205 g/mol. The first-order valence-corrected chi connectivity index (χ1v) is 5.17. The van der Waals surface area contributed by atoms with Crippen LogP contribution >= 0.6 is 11.6 Å². The van der Waals surface area contributed by atoms with Crippen LogP contribution in [0.3, 0.4) is 0 Å². The molecule has 1 N–H and O–H groups in total. The number of aliphatic hydroxyl groups is 1. The van der Waals surface area contributed by atoms with Gasteiger partial charge in [0, 0.05) is 0 Å². The third-order valence-electron chi connectivity index (χ3n) is 3.15. The predicted octanol–water partition coefficient (Wildman–Crippen LogP) is 0.928. The molecule has 0 spiro atoms. The van der Waals surface area contributed by atoms with Crippen molar-refractivity contribution in [1.29, 1.82) is 0 Å². The maximum absolute atomic E-state index is 10.9. The van der Waals surface area contributed by atoms with Gasteiger partial charge in [-0.2, -0.15) is 0 Å². The molecule has 4 atom stereocenters. The number of rotatable bonds is 2. The minimum Gasteiger partial charge on any atom is -0.461 e. The van der Waals surface area contributed by atoms with E-state index >= 15 is 0 Å². The maximum atomic E-state index is 10.9. The van der Waals surface area contributed by atoms with Crippen molar-refractivity contribution in [3.63, 3.8) is 0 Å². The van der Waals surface area contributed by atoms with Crippen molar-refractivity contribution in [3.05, 3.63) is 0 Å². The standard InChI is InChI=1S/C9H13ClO3/c10-4-9(12)13-8-3-5-1-6(8)2-7(5)11/h5-8,11H,1-4H2. The monoisotopic (exact) mass is 204 g/mol. The summed E-state index contributed by atoms with van der Waals surface area (Å²) >= 11 is 5.34. The molecule has 2 bridgehead atoms. The maximum Gasteiger partial charge on any atom is 0.321 e. The minimum absolute atomic E-state index is 0.0136. The molecule has 0 aromatic rings. The highest BCUT2D eigenvalue weighted by Gasteiger charge is 2.46. The van der Waals surface area contributed by atoms with Crippen LogP contribution in [0.1, 0.15) is 19.3 Å². The molecule has 0 aliphatic heterocycles. The highest BCUT2D eigenvalue weighted by Crippen LogP contribution is 2.46. The summed E-state index contributed by atoms with van der Waals surface area (Å²) in [5, 5.41) is 9.46. The van der Waals surface area contributed by atoms with Crippen molar-refractivity contribution in [2.24, 2.45) is 11.8 Å². The molecule has 0 radical (unpaired) electrons. The zero-order valence-corrected chi connectivity index (χ0v) is 8.04. The summed E-state index contributed by atoms with van der Waals surface area (Å²) < 4.78 is 5.16. The van der Waals surface area contributed by atoms with Crippen LogP contribution in [0.5, 0.6) is 0 Å². The molecule has 2 aliphatic rings. The lowest BCUT2D eigenvalue weighted by atomic mass is 9.95. The van der Waals surface area contributed by atoms with Gasteiger partial charge in [-0.25, -0.2) is 0 Å². The molecule has 0 heterocycles. The van der Waals surface area contributed by atoms with Crippen LogP contribution in [0.4, 0.5) is 0 Å². The number of esters is 1. The van der Waals surface area contributed by atoms with E-state index in [1.807, 2.05) is 0 Å². The topological polar surface area (TPSA) is 46.5 Å². The lowest BCUT2D eigenvalue weighted by molar-refractivity contribution is -0.149. The summed E-state index contributed by atoms with van der Waals surface area (Å²) in [7, 11) is 0. The largest absolute Gasteiger partial charge is 0.461 e. The highest BCUT2D eigenvalue weighted by molar-refractivity contribution is 6.26. The van der Waals surface area contributed by atoms with E-state index in [9.17, 15) is 9.90 Å². The van der Waals surface area contributed by atoms with E-state index in [1.54, 1.807) is 0 Å². The van der Waals surface area contributed by atoms with Crippen molar-refractivity contribution in [2.45, 2.75) is 31.5 Å². The zero-order chi connectivity index (χ0) is 9.42. The SMILES string of the molecule is O=C(CCl)OC1CC2CC1CC2O. The van der Waals surface area contributed by atoms with Gasteiger partial charge in [0.05, 0.1) is 6.10 Å². The lowest BCUT2D eigenvalue weighted by Crippen LogP contribution is -2.29. The molecule has 3 nitrogen and oxygen atoms in total. The fourth-order valence-electron chi connectivity index (χ4n) is 2.54. The van der Waals surface area contributed by atoms with Gasteiger partial charge in [0.1, 0.15) is 12.0 Å². The number of aliphatic hydroxyl groups excluding tert-OH is 1. The minimum atomic E-state index is -0.339. The Kier molecular flexibility index (Phi) is 2.47. The van der Waals surface area contributed by atoms with Crippen LogP contribution in [0.15, 0.2) is 0 Å². The Balaban J connectivity index is 1.88. The third-order valence-corrected chi connectivity index (χ3v) is 3.36. The van der Waals surface area contributed by atoms with Gasteiger partial charge in [0.25, 0.3) is 0 Å². The molecule has 2 saturated carbocycles. The molecule has 13 heavy (non-hydrogen) atoms. The van der Waals surface area contributed by atoms with E-state index in [2.05, 4.69) is 0 Å². The van der Waals surface area contributed by atoms with Gasteiger partial charge < -0.3 is 9.84 Å². The predicted molar refractivity (Wildman–Crippen MR) is 47.4 cm³/mol. The molecule has 4 unspecified atom stereocenters. The number of hydrogen-bond donors (Lipinski definition) is 1. The zero-order valence-electron chi connectivity index (χ0n) is 7.28. The Labute approximate surface area is 82.0 Å². The molecule has 74 valence electrons. The molecule has 0 aromatic heterocycles. The summed E-state index contributed by atoms with van der Waals surface area (Å²) in [6, 6.07) is 0. The number of halogens is 1. The lowest BCUT2D eigenvalue weighted by Gasteiger charge is -2.24. The number of ether oxygens (including phenoxy) is 1. The van der Waals surface area contributed by atoms with Gasteiger partial charge in [0.2, 0.25) is 0 Å². The number of alkyl halides is 1. The summed E-state index contributed by atoms with van der Waals surface area (Å²) in [5.41, 5.74) is 0. The van der Waals surface area contributed by atoms with Crippen LogP contribution in [0, 0.1) is 11.8 Å². The molecule has 2 fully saturated rings. The quantitative estimate of drug-likeness (QED) is 0.538. The number of carbonyl (C=O) groups excluding carboxylic acids is 1. The first-order chi connectivity index (χ1) is 6.20. The average Bonchev–Trinajstić information content (AvgIpc) is 2.63. The third kappa shape index (κ3) is 1.67. The van der Waals surface area contributed by atoms with E-state index in [1.165, 1.54) is 0 Å². The number of hydrogen-bond acceptors (Lipinski definition) is 3. The van der Waals surface area contributed by atoms with Crippen LogP contribution in [-0.4, -0.2) is 29.2 Å². The first kappa shape index (κ1) is 9.28. The van der Waals surface area contributed by atoms with Crippen LogP contribution in [0.25, 0.3) is 0 Å². The second-order valence-electron chi connectivity index (χ2n) is 3.96. The Bertz CT molecular complexity index is 217. The first-order valence-electron chi connectivity index (χ1n) is 4.64. The van der Waals surface area contributed by atoms with E-state index in [-0.39, 0.29) is 24.1 Å². The fraction of sp³-hybridized carbons (Fsp3) is 0.889. The van der Waals surface area contributed by atoms with Gasteiger partial charge in [0.15, 0.2) is 0 Å². The smallest absolute Gasteiger partial charge is 0.321 e. The molecule has 2 rings (SSSR count). The van der Waals surface area contributed by atoms with Gasteiger partial charge in [-0.3, -0.25) is 4.79 Å². The highest BCUT2D eigenvalue weighted by atomic mass is 35.5. The van der Waals surface area contributed by atoms with Crippen molar-refractivity contribution in [1.82, 2.24) is 0 Å². The van der Waals surface area contributed by atoms with Gasteiger partial charge in [-0.1, -0.05) is 0 Å². The van der Waals surface area contributed by atoms with Gasteiger partial charge in [-0.05, 0) is 31.1 Å². The number of carbonyl (C=O) groups is 1. The Hall–Kier alpha value is -0.280. The van der Waals surface area contributed by atoms with E-state index < -0.39 is 0 Å². The van der Waals surface area contributed by atoms with Crippen molar-refractivity contribution < 1.29 is 14.6 Å². The van der Waals surface area contributed by atoms with Crippen LogP contribution < -0.4 is 0 Å². The summed E-state index contributed by atoms with van der Waals surface area (Å²) in [6.45, 7) is 0. The molecule has 2 aliphatic carbocycles. The van der Waals surface area contributed by atoms with Crippen LogP contribution in [-0.2, 0) is 9.53 Å². The van der Waals surface area contributed by atoms with E-state index in [0.29, 0.717) is 11.8 Å². The molecule has 0 amide bonds. The fourth-order valence-corrected chi connectivity index (χ4v) is 2.60. The molecule has 4 heteroatoms. The Morgan fingerprint density at radius 3 is 2.62 bits per heavy atom. The molecule has 0 aromatic carbocycles. The van der Waals surface area contributed by atoms with E-state index in [4.69, 9.17) is 16.3 Å². The Morgan fingerprint density at radius 2 is 2.15 bits per heavy atom. The van der Waals surface area contributed by atoms with E-state index in [0.717, 1.165) is 19.3 Å². The van der Waals surface area contributed by atoms with Crippen molar-refractivity contribution in [2.75, 3.05) is 5.88 Å². The second-order valence-corrected chi connectivity index (χ2v) is 4.22. The number of fused-ring (bicyclic) bond motifs is 2.